The molecule has 1 fully saturated rings. The summed E-state index contributed by atoms with van der Waals surface area (Å²) in [5.41, 5.74) is -1.15. The van der Waals surface area contributed by atoms with E-state index in [4.69, 9.17) is 18.8 Å². The van der Waals surface area contributed by atoms with E-state index >= 15 is 0 Å². The van der Waals surface area contributed by atoms with Crippen molar-refractivity contribution in [3.63, 3.8) is 0 Å². The predicted octanol–water partition coefficient (Wildman–Crippen LogP) is 3.99. The molecule has 0 bridgehead atoms. The molecule has 0 saturated carbocycles. The number of nitrogens with zero attached hydrogens (tertiary/aromatic N) is 1. The third kappa shape index (κ3) is 5.98. The first-order valence-electron chi connectivity index (χ1n) is 10.4. The lowest BCUT2D eigenvalue weighted by Crippen LogP contribution is -2.41. The monoisotopic (exact) mass is 434 g/mol. The van der Waals surface area contributed by atoms with Gasteiger partial charge in [0, 0.05) is 11.7 Å². The second kappa shape index (κ2) is 8.09. The summed E-state index contributed by atoms with van der Waals surface area (Å²) < 4.78 is 23.1. The Bertz CT molecular complexity index is 852. The number of hydrogen-bond acceptors (Lipinski definition) is 7. The van der Waals surface area contributed by atoms with Crippen LogP contribution in [0.4, 0.5) is 10.5 Å². The summed E-state index contributed by atoms with van der Waals surface area (Å²) in [7, 11) is -0.704. The minimum absolute atomic E-state index is 0.0152. The molecule has 172 valence electrons. The quantitative estimate of drug-likeness (QED) is 0.568. The van der Waals surface area contributed by atoms with Gasteiger partial charge < -0.3 is 18.8 Å². The number of ether oxygens (including phenoxy) is 2. The molecule has 2 heterocycles. The number of pyridine rings is 1. The molecule has 0 spiro atoms. The van der Waals surface area contributed by atoms with Gasteiger partial charge in [-0.1, -0.05) is 0 Å². The van der Waals surface area contributed by atoms with Gasteiger partial charge in [-0.3, -0.25) is 5.32 Å². The number of aromatic nitrogens is 1. The van der Waals surface area contributed by atoms with Crippen molar-refractivity contribution in [2.24, 2.45) is 0 Å². The zero-order valence-corrected chi connectivity index (χ0v) is 20.6. The van der Waals surface area contributed by atoms with Gasteiger partial charge in [0.1, 0.15) is 11.2 Å². The van der Waals surface area contributed by atoms with Crippen molar-refractivity contribution in [2.75, 3.05) is 5.32 Å². The van der Waals surface area contributed by atoms with Gasteiger partial charge in [-0.2, -0.15) is 0 Å². The number of carbonyl (C=O) groups excluding carboxylic acids is 2. The molecule has 8 nitrogen and oxygen atoms in total. The van der Waals surface area contributed by atoms with Gasteiger partial charge in [-0.05, 0) is 81.7 Å². The first-order valence-corrected chi connectivity index (χ1v) is 10.4. The fraction of sp³-hybridized carbons (Fsp3) is 0.682. The maximum Gasteiger partial charge on any atom is 0.496 e. The summed E-state index contributed by atoms with van der Waals surface area (Å²) >= 11 is 0. The van der Waals surface area contributed by atoms with Crippen LogP contribution >= 0.6 is 0 Å². The van der Waals surface area contributed by atoms with Gasteiger partial charge in [0.2, 0.25) is 0 Å². The Morgan fingerprint density at radius 3 is 1.90 bits per heavy atom. The van der Waals surface area contributed by atoms with Crippen molar-refractivity contribution in [1.29, 1.82) is 0 Å². The minimum atomic E-state index is -0.722. The molecule has 0 atom stereocenters. The van der Waals surface area contributed by atoms with Gasteiger partial charge in [-0.25, -0.2) is 14.6 Å². The van der Waals surface area contributed by atoms with E-state index in [9.17, 15) is 9.59 Å². The molecule has 31 heavy (non-hydrogen) atoms. The Hall–Kier alpha value is -2.13. The fourth-order valence-corrected chi connectivity index (χ4v) is 2.86. The molecule has 1 N–H and O–H groups in total. The van der Waals surface area contributed by atoms with Crippen molar-refractivity contribution in [3.05, 3.63) is 17.5 Å². The SMILES string of the molecule is Cc1c(B2OC(C)(C)C(C)(C)O2)cnc(C(=O)OC(C)(C)C)c1NC(=O)OC(C)(C)C. The number of nitrogens with one attached hydrogen (secondary N) is 1. The molecular weight excluding hydrogens is 399 g/mol. The van der Waals surface area contributed by atoms with Gasteiger partial charge in [0.15, 0.2) is 5.69 Å². The Morgan fingerprint density at radius 2 is 1.45 bits per heavy atom. The second-order valence-electron chi connectivity index (χ2n) is 10.8. The van der Waals surface area contributed by atoms with E-state index in [-0.39, 0.29) is 11.4 Å². The van der Waals surface area contributed by atoms with E-state index in [1.54, 1.807) is 48.5 Å². The molecule has 2 rings (SSSR count). The van der Waals surface area contributed by atoms with Crippen molar-refractivity contribution in [2.45, 2.75) is 98.6 Å². The number of esters is 1. The fourth-order valence-electron chi connectivity index (χ4n) is 2.86. The van der Waals surface area contributed by atoms with Crippen LogP contribution in [0.2, 0.25) is 0 Å². The molecule has 0 unspecified atom stereocenters. The van der Waals surface area contributed by atoms with E-state index in [0.717, 1.165) is 0 Å². The van der Waals surface area contributed by atoms with Gasteiger partial charge in [0.05, 0.1) is 16.9 Å². The van der Waals surface area contributed by atoms with Gasteiger partial charge in [-0.15, -0.1) is 0 Å². The van der Waals surface area contributed by atoms with Crippen LogP contribution in [0.1, 0.15) is 85.3 Å². The number of hydrogen-bond donors (Lipinski definition) is 1. The average Bonchev–Trinajstić information content (AvgIpc) is 2.73. The lowest BCUT2D eigenvalue weighted by atomic mass is 9.76. The van der Waals surface area contributed by atoms with Gasteiger partial charge >= 0.3 is 19.2 Å². The molecule has 0 radical (unpaired) electrons. The summed E-state index contributed by atoms with van der Waals surface area (Å²) in [6.45, 7) is 20.1. The normalized spacial score (nSPS) is 18.0. The molecule has 1 saturated heterocycles. The summed E-state index contributed by atoms with van der Waals surface area (Å²) in [4.78, 5) is 29.6. The second-order valence-corrected chi connectivity index (χ2v) is 10.8. The Kier molecular flexibility index (Phi) is 6.56. The van der Waals surface area contributed by atoms with Crippen LogP contribution in [0, 0.1) is 6.92 Å². The summed E-state index contributed by atoms with van der Waals surface area (Å²) in [6.07, 6.45) is 0.824. The molecular formula is C22H35BN2O6. The molecule has 9 heteroatoms. The molecule has 1 amide bonds. The van der Waals surface area contributed by atoms with Crippen LogP contribution in [0.3, 0.4) is 0 Å². The zero-order valence-electron chi connectivity index (χ0n) is 20.6. The van der Waals surface area contributed by atoms with E-state index in [2.05, 4.69) is 10.3 Å². The highest BCUT2D eigenvalue weighted by Gasteiger charge is 2.52. The Labute approximate surface area is 185 Å². The summed E-state index contributed by atoms with van der Waals surface area (Å²) in [6, 6.07) is 0. The maximum atomic E-state index is 12.8. The van der Waals surface area contributed by atoms with Crippen molar-refractivity contribution in [1.82, 2.24) is 4.98 Å². The lowest BCUT2D eigenvalue weighted by molar-refractivity contribution is 0.00578. The number of carbonyl (C=O) groups is 2. The standard InChI is InChI=1S/C22H35BN2O6/c1-13-14(23-30-21(8,9)22(10,11)31-23)12-24-16(17(26)28-19(2,3)4)15(13)25-18(27)29-20(5,6)7/h12H,1-11H3,(H,25,27). The van der Waals surface area contributed by atoms with Crippen molar-refractivity contribution >= 4 is 30.3 Å². The van der Waals surface area contributed by atoms with E-state index in [0.29, 0.717) is 11.0 Å². The van der Waals surface area contributed by atoms with Crippen LogP contribution in [-0.4, -0.2) is 46.6 Å². The van der Waals surface area contributed by atoms with E-state index in [1.165, 1.54) is 6.20 Å². The molecule has 1 aliphatic heterocycles. The first-order chi connectivity index (χ1) is 13.8. The minimum Gasteiger partial charge on any atom is -0.455 e. The average molecular weight is 434 g/mol. The molecule has 1 aromatic heterocycles. The largest absolute Gasteiger partial charge is 0.496 e. The number of rotatable bonds is 3. The van der Waals surface area contributed by atoms with Crippen LogP contribution in [-0.2, 0) is 18.8 Å². The summed E-state index contributed by atoms with van der Waals surface area (Å²) in [5, 5.41) is 2.67. The third-order valence-electron chi connectivity index (χ3n) is 5.10. The molecule has 1 aliphatic rings. The number of anilines is 1. The highest BCUT2D eigenvalue weighted by atomic mass is 16.7. The topological polar surface area (TPSA) is 96.0 Å². The highest BCUT2D eigenvalue weighted by molar-refractivity contribution is 6.62. The molecule has 0 aliphatic carbocycles. The highest BCUT2D eigenvalue weighted by Crippen LogP contribution is 2.37. The van der Waals surface area contributed by atoms with Crippen LogP contribution in [0.15, 0.2) is 6.20 Å². The lowest BCUT2D eigenvalue weighted by Gasteiger charge is -2.32. The van der Waals surface area contributed by atoms with Crippen molar-refractivity contribution in [3.8, 4) is 0 Å². The van der Waals surface area contributed by atoms with E-state index in [1.807, 2.05) is 27.7 Å². The molecule has 1 aromatic rings. The van der Waals surface area contributed by atoms with Crippen molar-refractivity contribution < 1.29 is 28.4 Å². The zero-order chi connectivity index (χ0) is 24.0. The smallest absolute Gasteiger partial charge is 0.455 e. The summed E-state index contributed by atoms with van der Waals surface area (Å²) in [5.74, 6) is -0.651. The first kappa shape index (κ1) is 25.1. The van der Waals surface area contributed by atoms with E-state index < -0.39 is 41.6 Å². The van der Waals surface area contributed by atoms with Crippen LogP contribution < -0.4 is 10.8 Å². The predicted molar refractivity (Wildman–Crippen MR) is 120 cm³/mol. The molecule has 0 aromatic carbocycles. The van der Waals surface area contributed by atoms with Crippen LogP contribution in [0.5, 0.6) is 0 Å². The van der Waals surface area contributed by atoms with Gasteiger partial charge in [0.25, 0.3) is 0 Å². The third-order valence-corrected chi connectivity index (χ3v) is 5.10. The maximum absolute atomic E-state index is 12.8. The Balaban J connectivity index is 2.50. The Morgan fingerprint density at radius 1 is 0.968 bits per heavy atom. The van der Waals surface area contributed by atoms with Crippen LogP contribution in [0.25, 0.3) is 0 Å². The number of amides is 1.